The van der Waals surface area contributed by atoms with E-state index in [1.807, 2.05) is 49.1 Å². The van der Waals surface area contributed by atoms with Crippen molar-refractivity contribution in [2.45, 2.75) is 0 Å². The van der Waals surface area contributed by atoms with Gasteiger partial charge in [0.05, 0.1) is 23.8 Å². The second-order valence-electron chi connectivity index (χ2n) is 8.80. The van der Waals surface area contributed by atoms with E-state index in [0.717, 1.165) is 45.3 Å². The van der Waals surface area contributed by atoms with Crippen LogP contribution < -0.4 is 9.80 Å². The molecule has 0 bridgehead atoms. The second kappa shape index (κ2) is 10.8. The minimum Gasteiger partial charge on any atom is -0.308 e. The molecule has 0 fully saturated rings. The predicted octanol–water partition coefficient (Wildman–Crippen LogP) is 9.08. The molecule has 182 valence electrons. The Balaban J connectivity index is 1.58. The molecule has 6 aromatic rings. The van der Waals surface area contributed by atoms with Gasteiger partial charge in [-0.15, -0.1) is 0 Å². The number of pyridine rings is 2. The van der Waals surface area contributed by atoms with E-state index in [4.69, 9.17) is 0 Å². The molecule has 4 aromatic carbocycles. The van der Waals surface area contributed by atoms with Crippen molar-refractivity contribution in [2.24, 2.45) is 0 Å². The first-order valence-electron chi connectivity index (χ1n) is 12.6. The zero-order valence-corrected chi connectivity index (χ0v) is 20.8. The summed E-state index contributed by atoms with van der Waals surface area (Å²) in [4.78, 5) is 13.6. The summed E-state index contributed by atoms with van der Waals surface area (Å²) in [5, 5.41) is 0. The Kier molecular flexibility index (Phi) is 6.60. The average Bonchev–Trinajstić information content (AvgIpc) is 3.00. The van der Waals surface area contributed by atoms with E-state index < -0.39 is 0 Å². The van der Waals surface area contributed by atoms with E-state index in [-0.39, 0.29) is 0 Å². The Morgan fingerprint density at radius 2 is 0.632 bits per heavy atom. The van der Waals surface area contributed by atoms with Crippen molar-refractivity contribution in [1.29, 1.82) is 0 Å². The number of benzene rings is 4. The van der Waals surface area contributed by atoms with Gasteiger partial charge in [-0.05, 0) is 60.7 Å². The Morgan fingerprint density at radius 3 is 0.921 bits per heavy atom. The number of hydrogen-bond acceptors (Lipinski definition) is 4. The lowest BCUT2D eigenvalue weighted by atomic mass is 10.0. The normalized spacial score (nSPS) is 10.6. The molecule has 0 amide bonds. The van der Waals surface area contributed by atoms with Crippen LogP contribution in [0.1, 0.15) is 0 Å². The first-order valence-corrected chi connectivity index (χ1v) is 12.6. The lowest BCUT2D eigenvalue weighted by molar-refractivity contribution is 1.21. The maximum absolute atomic E-state index is 4.56. The summed E-state index contributed by atoms with van der Waals surface area (Å²) in [6.07, 6.45) is 7.59. The third kappa shape index (κ3) is 4.63. The van der Waals surface area contributed by atoms with Gasteiger partial charge in [0.2, 0.25) is 0 Å². The van der Waals surface area contributed by atoms with Crippen LogP contribution >= 0.6 is 0 Å². The fraction of sp³-hybridized carbons (Fsp3) is 0. The predicted molar refractivity (Wildman–Crippen MR) is 157 cm³/mol. The molecule has 0 aliphatic carbocycles. The van der Waals surface area contributed by atoms with Crippen LogP contribution in [0, 0.1) is 0 Å². The number of nitrogens with zero attached hydrogens (tertiary/aromatic N) is 4. The van der Waals surface area contributed by atoms with Crippen LogP contribution in [0.15, 0.2) is 158 Å². The zero-order chi connectivity index (χ0) is 25.6. The van der Waals surface area contributed by atoms with E-state index in [1.165, 1.54) is 0 Å². The van der Waals surface area contributed by atoms with Crippen LogP contribution in [-0.4, -0.2) is 9.97 Å². The van der Waals surface area contributed by atoms with Crippen LogP contribution in [0.2, 0.25) is 0 Å². The van der Waals surface area contributed by atoms with Crippen LogP contribution in [-0.2, 0) is 0 Å². The Bertz CT molecular complexity index is 1400. The average molecular weight is 491 g/mol. The van der Waals surface area contributed by atoms with Gasteiger partial charge in [0.1, 0.15) is 0 Å². The Labute approximate surface area is 223 Å². The summed E-state index contributed by atoms with van der Waals surface area (Å²) in [5.41, 5.74) is 8.33. The van der Waals surface area contributed by atoms with E-state index in [2.05, 4.69) is 129 Å². The molecule has 0 radical (unpaired) electrons. The number of hydrogen-bond donors (Lipinski definition) is 0. The molecule has 0 saturated carbocycles. The SMILES string of the molecule is c1ccc(N(c2ccccc2)c2cnccc2-c2ccncc2N(c2ccccc2)c2ccccc2)cc1. The molecule has 0 N–H and O–H groups in total. The summed E-state index contributed by atoms with van der Waals surface area (Å²) in [6, 6.07) is 45.8. The van der Waals surface area contributed by atoms with Gasteiger partial charge >= 0.3 is 0 Å². The fourth-order valence-electron chi connectivity index (χ4n) is 4.75. The quantitative estimate of drug-likeness (QED) is 0.223. The Morgan fingerprint density at radius 1 is 0.342 bits per heavy atom. The van der Waals surface area contributed by atoms with Crippen LogP contribution in [0.25, 0.3) is 11.1 Å². The molecule has 2 heterocycles. The van der Waals surface area contributed by atoms with Gasteiger partial charge in [0, 0.05) is 46.3 Å². The van der Waals surface area contributed by atoms with Gasteiger partial charge in [-0.1, -0.05) is 72.8 Å². The molecule has 0 aliphatic rings. The van der Waals surface area contributed by atoms with E-state index >= 15 is 0 Å². The molecular weight excluding hydrogens is 464 g/mol. The van der Waals surface area contributed by atoms with Gasteiger partial charge in [0.15, 0.2) is 0 Å². The highest BCUT2D eigenvalue weighted by Gasteiger charge is 2.22. The molecule has 6 rings (SSSR count). The molecule has 0 unspecified atom stereocenters. The minimum atomic E-state index is 0.985. The zero-order valence-electron chi connectivity index (χ0n) is 20.8. The smallest absolute Gasteiger partial charge is 0.0724 e. The highest BCUT2D eigenvalue weighted by molar-refractivity contribution is 5.94. The summed E-state index contributed by atoms with van der Waals surface area (Å²) >= 11 is 0. The molecule has 4 nitrogen and oxygen atoms in total. The third-order valence-corrected chi connectivity index (χ3v) is 6.43. The number of aromatic nitrogens is 2. The van der Waals surface area contributed by atoms with Crippen LogP contribution in [0.4, 0.5) is 34.1 Å². The fourth-order valence-corrected chi connectivity index (χ4v) is 4.75. The van der Waals surface area contributed by atoms with Crippen molar-refractivity contribution in [2.75, 3.05) is 9.80 Å². The van der Waals surface area contributed by atoms with Gasteiger partial charge in [-0.3, -0.25) is 9.97 Å². The maximum Gasteiger partial charge on any atom is 0.0724 e. The molecule has 4 heteroatoms. The van der Waals surface area contributed by atoms with Crippen molar-refractivity contribution >= 4 is 34.1 Å². The highest BCUT2D eigenvalue weighted by atomic mass is 15.2. The number of para-hydroxylation sites is 4. The molecule has 0 saturated heterocycles. The second-order valence-corrected chi connectivity index (χ2v) is 8.80. The lowest BCUT2D eigenvalue weighted by Crippen LogP contribution is -2.14. The highest BCUT2D eigenvalue weighted by Crippen LogP contribution is 2.45. The molecule has 0 spiro atoms. The van der Waals surface area contributed by atoms with Gasteiger partial charge in [-0.25, -0.2) is 0 Å². The van der Waals surface area contributed by atoms with Gasteiger partial charge < -0.3 is 9.80 Å². The van der Waals surface area contributed by atoms with Gasteiger partial charge in [0.25, 0.3) is 0 Å². The Hall–Kier alpha value is -5.22. The van der Waals surface area contributed by atoms with Gasteiger partial charge in [-0.2, -0.15) is 0 Å². The number of rotatable bonds is 7. The molecule has 38 heavy (non-hydrogen) atoms. The number of anilines is 6. The summed E-state index contributed by atoms with van der Waals surface area (Å²) in [5.74, 6) is 0. The first-order chi connectivity index (χ1) is 18.9. The van der Waals surface area contributed by atoms with Crippen LogP contribution in [0.3, 0.4) is 0 Å². The molecule has 0 aliphatic heterocycles. The lowest BCUT2D eigenvalue weighted by Gasteiger charge is -2.30. The van der Waals surface area contributed by atoms with Crippen molar-refractivity contribution in [1.82, 2.24) is 9.97 Å². The third-order valence-electron chi connectivity index (χ3n) is 6.43. The van der Waals surface area contributed by atoms with E-state index in [9.17, 15) is 0 Å². The van der Waals surface area contributed by atoms with Crippen molar-refractivity contribution in [3.05, 3.63) is 158 Å². The standard InChI is InChI=1S/C34H26N4/c1-5-13-27(14-6-1)37(28-15-7-2-8-16-28)33-25-35-23-21-31(33)32-22-24-36-26-34(32)38(29-17-9-3-10-18-29)30-19-11-4-12-20-30/h1-26H. The van der Waals surface area contributed by atoms with Crippen LogP contribution in [0.5, 0.6) is 0 Å². The minimum absolute atomic E-state index is 0.985. The summed E-state index contributed by atoms with van der Waals surface area (Å²) in [7, 11) is 0. The monoisotopic (exact) mass is 490 g/mol. The summed E-state index contributed by atoms with van der Waals surface area (Å²) in [6.45, 7) is 0. The molecule has 2 aromatic heterocycles. The first kappa shape index (κ1) is 23.2. The van der Waals surface area contributed by atoms with E-state index in [1.54, 1.807) is 0 Å². The molecular formula is C34H26N4. The summed E-state index contributed by atoms with van der Waals surface area (Å²) < 4.78 is 0. The topological polar surface area (TPSA) is 32.3 Å². The van der Waals surface area contributed by atoms with Crippen molar-refractivity contribution in [3.8, 4) is 11.1 Å². The van der Waals surface area contributed by atoms with Crippen molar-refractivity contribution < 1.29 is 0 Å². The molecule has 0 atom stereocenters. The maximum atomic E-state index is 4.56. The van der Waals surface area contributed by atoms with E-state index in [0.29, 0.717) is 0 Å². The van der Waals surface area contributed by atoms with Crippen molar-refractivity contribution in [3.63, 3.8) is 0 Å². The largest absolute Gasteiger partial charge is 0.308 e.